The van der Waals surface area contributed by atoms with Gasteiger partial charge in [-0.15, -0.1) is 0 Å². The summed E-state index contributed by atoms with van der Waals surface area (Å²) in [6, 6.07) is 12.7. The quantitative estimate of drug-likeness (QED) is 0.874. The van der Waals surface area contributed by atoms with Crippen LogP contribution >= 0.6 is 0 Å². The third-order valence-electron chi connectivity index (χ3n) is 3.50. The topological polar surface area (TPSA) is 34.2 Å². The van der Waals surface area contributed by atoms with Crippen LogP contribution in [0.25, 0.3) is 0 Å². The molecule has 0 saturated heterocycles. The Kier molecular flexibility index (Phi) is 5.13. The Morgan fingerprint density at radius 2 is 2.10 bits per heavy atom. The van der Waals surface area contributed by atoms with E-state index in [0.717, 1.165) is 24.3 Å². The Morgan fingerprint density at radius 3 is 2.80 bits per heavy atom. The maximum absolute atomic E-state index is 5.40. The molecule has 3 nitrogen and oxygen atoms in total. The van der Waals surface area contributed by atoms with Crippen molar-refractivity contribution in [3.8, 4) is 5.75 Å². The number of rotatable bonds is 6. The van der Waals surface area contributed by atoms with Crippen molar-refractivity contribution >= 4 is 0 Å². The number of pyridine rings is 1. The number of aryl methyl sites for hydroxylation is 2. The van der Waals surface area contributed by atoms with Crippen LogP contribution in [0.5, 0.6) is 5.75 Å². The van der Waals surface area contributed by atoms with Gasteiger partial charge in [0.2, 0.25) is 0 Å². The normalized spacial score (nSPS) is 12.2. The highest BCUT2D eigenvalue weighted by molar-refractivity contribution is 5.30. The molecule has 0 aliphatic rings. The highest BCUT2D eigenvalue weighted by atomic mass is 16.5. The molecule has 0 radical (unpaired) electrons. The Labute approximate surface area is 121 Å². The first kappa shape index (κ1) is 14.5. The second-order valence-corrected chi connectivity index (χ2v) is 4.96. The van der Waals surface area contributed by atoms with E-state index < -0.39 is 0 Å². The van der Waals surface area contributed by atoms with E-state index in [4.69, 9.17) is 4.74 Å². The molecule has 1 N–H and O–H groups in total. The summed E-state index contributed by atoms with van der Waals surface area (Å²) < 4.78 is 5.40. The van der Waals surface area contributed by atoms with Crippen LogP contribution in [0.3, 0.4) is 0 Å². The average molecular weight is 270 g/mol. The molecule has 2 aromatic rings. The summed E-state index contributed by atoms with van der Waals surface area (Å²) in [4.78, 5) is 4.46. The zero-order valence-electron chi connectivity index (χ0n) is 12.4. The number of nitrogens with one attached hydrogen (secondary N) is 1. The summed E-state index contributed by atoms with van der Waals surface area (Å²) in [5, 5.41) is 3.34. The van der Waals surface area contributed by atoms with Crippen LogP contribution in [-0.4, -0.2) is 19.1 Å². The van der Waals surface area contributed by atoms with Crippen molar-refractivity contribution in [2.75, 3.05) is 14.2 Å². The van der Waals surface area contributed by atoms with Gasteiger partial charge in [0, 0.05) is 6.20 Å². The second kappa shape index (κ2) is 7.06. The molecule has 1 heterocycles. The van der Waals surface area contributed by atoms with Crippen molar-refractivity contribution in [3.05, 3.63) is 59.4 Å². The van der Waals surface area contributed by atoms with Crippen LogP contribution in [0.2, 0.25) is 0 Å². The molecular formula is C17H22N2O. The zero-order valence-corrected chi connectivity index (χ0v) is 12.4. The molecule has 0 aliphatic carbocycles. The van der Waals surface area contributed by atoms with Crippen molar-refractivity contribution in [2.45, 2.75) is 25.8 Å². The van der Waals surface area contributed by atoms with Crippen LogP contribution in [0, 0.1) is 6.92 Å². The predicted octanol–water partition coefficient (Wildman–Crippen LogP) is 3.29. The zero-order chi connectivity index (χ0) is 14.4. The van der Waals surface area contributed by atoms with Gasteiger partial charge in [-0.25, -0.2) is 0 Å². The number of methoxy groups -OCH3 is 1. The van der Waals surface area contributed by atoms with E-state index >= 15 is 0 Å². The molecule has 0 spiro atoms. The van der Waals surface area contributed by atoms with Crippen LogP contribution in [0.1, 0.15) is 29.3 Å². The number of hydrogen-bond donors (Lipinski definition) is 1. The molecule has 0 saturated carbocycles. The number of hydrogen-bond acceptors (Lipinski definition) is 3. The molecule has 2 rings (SSSR count). The smallest absolute Gasteiger partial charge is 0.141 e. The Hall–Kier alpha value is -1.87. The highest BCUT2D eigenvalue weighted by Crippen LogP contribution is 2.25. The summed E-state index contributed by atoms with van der Waals surface area (Å²) in [6.07, 6.45) is 3.83. The van der Waals surface area contributed by atoms with Gasteiger partial charge in [-0.1, -0.05) is 29.8 Å². The minimum absolute atomic E-state index is 0.201. The summed E-state index contributed by atoms with van der Waals surface area (Å²) in [6.45, 7) is 2.13. The van der Waals surface area contributed by atoms with Gasteiger partial charge in [-0.05, 0) is 44.5 Å². The Morgan fingerprint density at radius 1 is 1.25 bits per heavy atom. The van der Waals surface area contributed by atoms with Crippen LogP contribution in [-0.2, 0) is 6.42 Å². The van der Waals surface area contributed by atoms with Crippen molar-refractivity contribution in [3.63, 3.8) is 0 Å². The van der Waals surface area contributed by atoms with Crippen LogP contribution in [0.4, 0.5) is 0 Å². The number of benzene rings is 1. The van der Waals surface area contributed by atoms with Crippen molar-refractivity contribution in [1.82, 2.24) is 10.3 Å². The van der Waals surface area contributed by atoms with Gasteiger partial charge in [-0.3, -0.25) is 4.98 Å². The van der Waals surface area contributed by atoms with Gasteiger partial charge < -0.3 is 10.1 Å². The van der Waals surface area contributed by atoms with Crippen LogP contribution in [0.15, 0.2) is 42.6 Å². The van der Waals surface area contributed by atoms with E-state index in [0.29, 0.717) is 0 Å². The lowest BCUT2D eigenvalue weighted by Gasteiger charge is -2.18. The monoisotopic (exact) mass is 270 g/mol. The predicted molar refractivity (Wildman–Crippen MR) is 82.1 cm³/mol. The van der Waals surface area contributed by atoms with Gasteiger partial charge >= 0.3 is 0 Å². The first-order chi connectivity index (χ1) is 9.74. The van der Waals surface area contributed by atoms with Gasteiger partial charge in [-0.2, -0.15) is 0 Å². The van der Waals surface area contributed by atoms with E-state index in [-0.39, 0.29) is 6.04 Å². The van der Waals surface area contributed by atoms with Crippen LogP contribution < -0.4 is 10.1 Å². The second-order valence-electron chi connectivity index (χ2n) is 4.96. The molecule has 106 valence electrons. The van der Waals surface area contributed by atoms with E-state index in [1.165, 1.54) is 11.1 Å². The standard InChI is InChI=1S/C17H22N2O/c1-13-6-4-7-14(12-13)9-10-15(18-2)17-16(20-3)8-5-11-19-17/h4-8,11-12,15,18H,9-10H2,1-3H3. The largest absolute Gasteiger partial charge is 0.495 e. The van der Waals surface area contributed by atoms with E-state index in [2.05, 4.69) is 41.5 Å². The maximum Gasteiger partial charge on any atom is 0.141 e. The summed E-state index contributed by atoms with van der Waals surface area (Å²) >= 11 is 0. The van der Waals surface area contributed by atoms with Gasteiger partial charge in [0.15, 0.2) is 0 Å². The van der Waals surface area contributed by atoms with E-state index in [1.807, 2.05) is 25.4 Å². The SMILES string of the molecule is CNC(CCc1cccc(C)c1)c1ncccc1OC. The molecule has 20 heavy (non-hydrogen) atoms. The molecule has 1 atom stereocenters. The Bertz CT molecular complexity index is 554. The van der Waals surface area contributed by atoms with Gasteiger partial charge in [0.1, 0.15) is 5.75 Å². The first-order valence-electron chi connectivity index (χ1n) is 6.96. The third kappa shape index (κ3) is 3.58. The number of nitrogens with zero attached hydrogens (tertiary/aromatic N) is 1. The molecule has 1 aromatic heterocycles. The third-order valence-corrected chi connectivity index (χ3v) is 3.50. The fourth-order valence-corrected chi connectivity index (χ4v) is 2.43. The lowest BCUT2D eigenvalue weighted by molar-refractivity contribution is 0.393. The maximum atomic E-state index is 5.40. The van der Waals surface area contributed by atoms with E-state index in [9.17, 15) is 0 Å². The van der Waals surface area contributed by atoms with Crippen molar-refractivity contribution in [1.29, 1.82) is 0 Å². The van der Waals surface area contributed by atoms with E-state index in [1.54, 1.807) is 7.11 Å². The van der Waals surface area contributed by atoms with Gasteiger partial charge in [0.25, 0.3) is 0 Å². The fraction of sp³-hybridized carbons (Fsp3) is 0.353. The molecule has 0 fully saturated rings. The number of aromatic nitrogens is 1. The molecule has 0 aliphatic heterocycles. The van der Waals surface area contributed by atoms with Crippen molar-refractivity contribution < 1.29 is 4.74 Å². The highest BCUT2D eigenvalue weighted by Gasteiger charge is 2.15. The summed E-state index contributed by atoms with van der Waals surface area (Å²) in [7, 11) is 3.66. The summed E-state index contributed by atoms with van der Waals surface area (Å²) in [5.74, 6) is 0.844. The molecule has 1 unspecified atom stereocenters. The molecule has 0 bridgehead atoms. The minimum atomic E-state index is 0.201. The summed E-state index contributed by atoms with van der Waals surface area (Å²) in [5.41, 5.74) is 3.64. The molecule has 3 heteroatoms. The molecule has 1 aromatic carbocycles. The Balaban J connectivity index is 2.09. The van der Waals surface area contributed by atoms with Gasteiger partial charge in [0.05, 0.1) is 18.8 Å². The first-order valence-corrected chi connectivity index (χ1v) is 6.96. The lowest BCUT2D eigenvalue weighted by Crippen LogP contribution is -2.19. The number of ether oxygens (including phenoxy) is 1. The molecular weight excluding hydrogens is 248 g/mol. The average Bonchev–Trinajstić information content (AvgIpc) is 2.48. The van der Waals surface area contributed by atoms with Crippen molar-refractivity contribution in [2.24, 2.45) is 0 Å². The minimum Gasteiger partial charge on any atom is -0.495 e. The molecule has 0 amide bonds. The fourth-order valence-electron chi connectivity index (χ4n) is 2.43. The lowest BCUT2D eigenvalue weighted by atomic mass is 10.0.